The molecule has 1 amide bonds. The smallest absolute Gasteiger partial charge is 0.259 e. The normalized spacial score (nSPS) is 10.9. The van der Waals surface area contributed by atoms with Crippen molar-refractivity contribution in [2.75, 3.05) is 19.0 Å². The van der Waals surface area contributed by atoms with Gasteiger partial charge >= 0.3 is 0 Å². The highest BCUT2D eigenvalue weighted by molar-refractivity contribution is 7.12. The third kappa shape index (κ3) is 4.53. The summed E-state index contributed by atoms with van der Waals surface area (Å²) in [4.78, 5) is 16.3. The van der Waals surface area contributed by atoms with Crippen molar-refractivity contribution < 1.29 is 9.53 Å². The molecule has 0 radical (unpaired) electrons. The van der Waals surface area contributed by atoms with Gasteiger partial charge in [-0.25, -0.2) is 10.4 Å². The van der Waals surface area contributed by atoms with Crippen LogP contribution < -0.4 is 15.5 Å². The molecular formula is C19H21N5O2S. The summed E-state index contributed by atoms with van der Waals surface area (Å²) in [5, 5.41) is 9.95. The number of aromatic nitrogens is 2. The van der Waals surface area contributed by atoms with Crippen LogP contribution in [0.1, 0.15) is 17.0 Å². The van der Waals surface area contributed by atoms with E-state index >= 15 is 0 Å². The van der Waals surface area contributed by atoms with Crippen molar-refractivity contribution in [3.8, 4) is 10.9 Å². The highest BCUT2D eigenvalue weighted by Crippen LogP contribution is 2.21. The van der Waals surface area contributed by atoms with Gasteiger partial charge in [0.15, 0.2) is 5.13 Å². The Morgan fingerprint density at radius 2 is 2.22 bits per heavy atom. The van der Waals surface area contributed by atoms with Gasteiger partial charge in [-0.3, -0.25) is 9.36 Å². The summed E-state index contributed by atoms with van der Waals surface area (Å²) in [6.45, 7) is 4.13. The maximum atomic E-state index is 12.0. The average molecular weight is 383 g/mol. The first-order valence-electron chi connectivity index (χ1n) is 8.37. The molecule has 0 saturated carbocycles. The van der Waals surface area contributed by atoms with Gasteiger partial charge in [-0.2, -0.15) is 5.10 Å². The third-order valence-electron chi connectivity index (χ3n) is 4.00. The second kappa shape index (κ2) is 8.50. The maximum absolute atomic E-state index is 12.0. The Morgan fingerprint density at radius 3 is 2.96 bits per heavy atom. The van der Waals surface area contributed by atoms with Crippen LogP contribution >= 0.6 is 11.3 Å². The number of thiazole rings is 1. The van der Waals surface area contributed by atoms with Gasteiger partial charge < -0.3 is 10.1 Å². The van der Waals surface area contributed by atoms with Crippen molar-refractivity contribution in [2.45, 2.75) is 13.8 Å². The fourth-order valence-corrected chi connectivity index (χ4v) is 3.42. The average Bonchev–Trinajstić information content (AvgIpc) is 3.28. The molecule has 3 rings (SSSR count). The first kappa shape index (κ1) is 18.7. The summed E-state index contributed by atoms with van der Waals surface area (Å²) in [7, 11) is 1.60. The van der Waals surface area contributed by atoms with Crippen molar-refractivity contribution in [3.63, 3.8) is 0 Å². The van der Waals surface area contributed by atoms with Crippen molar-refractivity contribution in [3.05, 3.63) is 58.9 Å². The molecule has 1 aromatic carbocycles. The molecule has 3 aromatic rings. The fraction of sp³-hybridized carbons (Fsp3) is 0.211. The van der Waals surface area contributed by atoms with Gasteiger partial charge in [0.1, 0.15) is 5.75 Å². The minimum Gasteiger partial charge on any atom is -0.497 e. The Morgan fingerprint density at radius 1 is 1.37 bits per heavy atom. The molecule has 0 bridgehead atoms. The number of aryl methyl sites for hydroxylation is 1. The van der Waals surface area contributed by atoms with Crippen LogP contribution in [0, 0.1) is 13.8 Å². The fourth-order valence-electron chi connectivity index (χ4n) is 2.67. The Bertz CT molecular complexity index is 947. The molecule has 2 aromatic heterocycles. The van der Waals surface area contributed by atoms with Gasteiger partial charge in [0.05, 0.1) is 19.9 Å². The van der Waals surface area contributed by atoms with Crippen LogP contribution in [0.2, 0.25) is 0 Å². The maximum Gasteiger partial charge on any atom is 0.259 e. The van der Waals surface area contributed by atoms with E-state index in [2.05, 4.69) is 25.4 Å². The zero-order valence-corrected chi connectivity index (χ0v) is 16.2. The Hall–Kier alpha value is -3.13. The van der Waals surface area contributed by atoms with Crippen LogP contribution in [0.15, 0.2) is 47.0 Å². The number of nitrogens with zero attached hydrogens (tertiary/aromatic N) is 3. The van der Waals surface area contributed by atoms with Gasteiger partial charge in [-0.15, -0.1) is 11.3 Å². The monoisotopic (exact) mass is 383 g/mol. The summed E-state index contributed by atoms with van der Waals surface area (Å²) in [5.74, 6) is 0.497. The SMILES string of the molecule is COc1cccc(NCC(=O)N/N=C\c2cc(C)n(-c3nccs3)c2C)c1. The highest BCUT2D eigenvalue weighted by atomic mass is 32.1. The molecule has 0 fully saturated rings. The molecule has 0 aliphatic rings. The van der Waals surface area contributed by atoms with Crippen molar-refractivity contribution in [1.82, 2.24) is 15.0 Å². The van der Waals surface area contributed by atoms with E-state index in [-0.39, 0.29) is 12.5 Å². The first-order valence-corrected chi connectivity index (χ1v) is 9.25. The molecule has 140 valence electrons. The standard InChI is InChI=1S/C19H21N5O2S/c1-13-9-15(14(2)24(13)19-20-7-8-27-19)11-22-23-18(25)12-21-16-5-4-6-17(10-16)26-3/h4-11,21H,12H2,1-3H3,(H,23,25)/b22-11-. The molecule has 0 saturated heterocycles. The van der Waals surface area contributed by atoms with Gasteiger partial charge in [0, 0.05) is 40.3 Å². The summed E-state index contributed by atoms with van der Waals surface area (Å²) in [6, 6.07) is 9.41. The molecule has 0 aliphatic heterocycles. The molecule has 0 atom stereocenters. The summed E-state index contributed by atoms with van der Waals surface area (Å²) >= 11 is 1.57. The van der Waals surface area contributed by atoms with Crippen LogP contribution in [-0.4, -0.2) is 35.3 Å². The molecule has 27 heavy (non-hydrogen) atoms. The second-order valence-corrected chi connectivity index (χ2v) is 6.73. The Balaban J connectivity index is 1.57. The predicted molar refractivity (Wildman–Crippen MR) is 108 cm³/mol. The minimum atomic E-state index is -0.234. The van der Waals surface area contributed by atoms with E-state index < -0.39 is 0 Å². The Kier molecular flexibility index (Phi) is 5.87. The van der Waals surface area contributed by atoms with E-state index in [0.717, 1.165) is 33.5 Å². The van der Waals surface area contributed by atoms with Gasteiger partial charge in [-0.1, -0.05) is 6.07 Å². The number of carbonyl (C=O) groups excluding carboxylic acids is 1. The number of ether oxygens (including phenoxy) is 1. The number of hydrogen-bond donors (Lipinski definition) is 2. The number of nitrogens with one attached hydrogen (secondary N) is 2. The van der Waals surface area contributed by atoms with E-state index in [1.165, 1.54) is 0 Å². The first-order chi connectivity index (χ1) is 13.1. The molecular weight excluding hydrogens is 362 g/mol. The number of carbonyl (C=O) groups is 1. The van der Waals surface area contributed by atoms with Crippen LogP contribution in [0.4, 0.5) is 5.69 Å². The molecule has 8 heteroatoms. The van der Waals surface area contributed by atoms with Gasteiger partial charge in [0.2, 0.25) is 0 Å². The highest BCUT2D eigenvalue weighted by Gasteiger charge is 2.11. The van der Waals surface area contributed by atoms with Crippen molar-refractivity contribution in [1.29, 1.82) is 0 Å². The molecule has 2 N–H and O–H groups in total. The summed E-state index contributed by atoms with van der Waals surface area (Å²) in [6.07, 6.45) is 3.43. The van der Waals surface area contributed by atoms with Crippen LogP contribution in [0.3, 0.4) is 0 Å². The van der Waals surface area contributed by atoms with Crippen LogP contribution in [0.25, 0.3) is 5.13 Å². The number of benzene rings is 1. The number of rotatable bonds is 7. The van der Waals surface area contributed by atoms with Crippen molar-refractivity contribution in [2.24, 2.45) is 5.10 Å². The summed E-state index contributed by atoms with van der Waals surface area (Å²) in [5.41, 5.74) is 6.36. The molecule has 7 nitrogen and oxygen atoms in total. The minimum absolute atomic E-state index is 0.114. The molecule has 0 unspecified atom stereocenters. The van der Waals surface area contributed by atoms with E-state index in [9.17, 15) is 4.79 Å². The summed E-state index contributed by atoms with van der Waals surface area (Å²) < 4.78 is 7.22. The van der Waals surface area contributed by atoms with Gasteiger partial charge in [0.25, 0.3) is 5.91 Å². The second-order valence-electron chi connectivity index (χ2n) is 5.86. The van der Waals surface area contributed by atoms with E-state index in [0.29, 0.717) is 0 Å². The molecule has 0 spiro atoms. The third-order valence-corrected chi connectivity index (χ3v) is 4.75. The predicted octanol–water partition coefficient (Wildman–Crippen LogP) is 3.12. The molecule has 0 aliphatic carbocycles. The Labute approximate surface area is 161 Å². The number of anilines is 1. The largest absolute Gasteiger partial charge is 0.497 e. The number of hydrazone groups is 1. The topological polar surface area (TPSA) is 80.5 Å². The lowest BCUT2D eigenvalue weighted by atomic mass is 10.3. The van der Waals surface area contributed by atoms with Crippen molar-refractivity contribution >= 4 is 29.1 Å². The lowest BCUT2D eigenvalue weighted by Gasteiger charge is -2.07. The lowest BCUT2D eigenvalue weighted by Crippen LogP contribution is -2.25. The zero-order chi connectivity index (χ0) is 19.2. The van der Waals surface area contributed by atoms with Crippen LogP contribution in [-0.2, 0) is 4.79 Å². The van der Waals surface area contributed by atoms with E-state index in [4.69, 9.17) is 4.74 Å². The zero-order valence-electron chi connectivity index (χ0n) is 15.4. The quantitative estimate of drug-likeness (QED) is 0.485. The van der Waals surface area contributed by atoms with E-state index in [1.807, 2.05) is 49.6 Å². The number of amides is 1. The number of methoxy groups -OCH3 is 1. The van der Waals surface area contributed by atoms with Crippen LogP contribution in [0.5, 0.6) is 5.75 Å². The lowest BCUT2D eigenvalue weighted by molar-refractivity contribution is -0.119. The van der Waals surface area contributed by atoms with Gasteiger partial charge in [-0.05, 0) is 32.0 Å². The molecule has 2 heterocycles. The van der Waals surface area contributed by atoms with E-state index in [1.54, 1.807) is 30.9 Å². The number of hydrogen-bond acceptors (Lipinski definition) is 6.